The topological polar surface area (TPSA) is 131 Å². The number of carbonyl (C=O) groups is 2. The molecule has 10 heteroatoms. The lowest BCUT2D eigenvalue weighted by atomic mass is 9.75. The Morgan fingerprint density at radius 2 is 2.03 bits per heavy atom. The molecule has 1 aromatic heterocycles. The lowest BCUT2D eigenvalue weighted by Crippen LogP contribution is -2.61. The Hall–Kier alpha value is -2.59. The summed E-state index contributed by atoms with van der Waals surface area (Å²) in [4.78, 5) is 28.1. The van der Waals surface area contributed by atoms with Crippen LogP contribution in [0.3, 0.4) is 0 Å². The van der Waals surface area contributed by atoms with E-state index in [2.05, 4.69) is 20.8 Å². The summed E-state index contributed by atoms with van der Waals surface area (Å²) in [7, 11) is -1.64. The maximum absolute atomic E-state index is 13.1. The minimum absolute atomic E-state index is 0.174. The van der Waals surface area contributed by atoms with Gasteiger partial charge in [0.25, 0.3) is 0 Å². The number of rotatable bonds is 10. The molecule has 0 radical (unpaired) electrons. The molecule has 1 aliphatic heterocycles. The first-order valence-corrected chi connectivity index (χ1v) is 11.5. The van der Waals surface area contributed by atoms with Gasteiger partial charge in [0.1, 0.15) is 12.1 Å². The van der Waals surface area contributed by atoms with Crippen molar-refractivity contribution in [2.75, 3.05) is 11.4 Å². The van der Waals surface area contributed by atoms with E-state index in [-0.39, 0.29) is 23.8 Å². The first-order chi connectivity index (χ1) is 15.3. The van der Waals surface area contributed by atoms with Crippen LogP contribution < -0.4 is 15.5 Å². The van der Waals surface area contributed by atoms with E-state index in [1.807, 2.05) is 36.9 Å². The first-order valence-electron chi connectivity index (χ1n) is 11.5. The van der Waals surface area contributed by atoms with Crippen LogP contribution in [0.15, 0.2) is 24.4 Å². The van der Waals surface area contributed by atoms with Gasteiger partial charge in [0.2, 0.25) is 11.8 Å². The van der Waals surface area contributed by atoms with Crippen LogP contribution >= 0.6 is 0 Å². The fourth-order valence-electron chi connectivity index (χ4n) is 4.31. The highest BCUT2D eigenvalue weighted by Crippen LogP contribution is 2.34. The molecule has 1 aliphatic carbocycles. The molecule has 5 N–H and O–H groups in total. The van der Waals surface area contributed by atoms with Crippen LogP contribution in [-0.2, 0) is 9.59 Å². The summed E-state index contributed by atoms with van der Waals surface area (Å²) in [5, 5.41) is 33.0. The fourth-order valence-corrected chi connectivity index (χ4v) is 4.31. The van der Waals surface area contributed by atoms with Crippen LogP contribution in [-0.4, -0.2) is 63.7 Å². The molecule has 1 saturated carbocycles. The van der Waals surface area contributed by atoms with Crippen molar-refractivity contribution in [3.8, 4) is 0 Å². The minimum atomic E-state index is -1.64. The predicted molar refractivity (Wildman–Crippen MR) is 123 cm³/mol. The Morgan fingerprint density at radius 3 is 2.66 bits per heavy atom. The highest BCUT2D eigenvalue weighted by molar-refractivity contribution is 6.43. The highest BCUT2D eigenvalue weighted by atomic mass is 16.4. The van der Waals surface area contributed by atoms with Gasteiger partial charge in [0.15, 0.2) is 0 Å². The molecule has 3 atom stereocenters. The summed E-state index contributed by atoms with van der Waals surface area (Å²) < 4.78 is 0. The van der Waals surface area contributed by atoms with Crippen molar-refractivity contribution in [1.82, 2.24) is 20.8 Å². The van der Waals surface area contributed by atoms with Gasteiger partial charge in [0, 0.05) is 17.6 Å². The number of fused-ring (bicyclic) bond motifs is 1. The number of carbonyl (C=O) groups excluding carboxylic acids is 2. The van der Waals surface area contributed by atoms with Crippen LogP contribution in [0.2, 0.25) is 0 Å². The largest absolute Gasteiger partial charge is 0.475 e. The number of aromatic nitrogens is 2. The van der Waals surface area contributed by atoms with Gasteiger partial charge in [-0.1, -0.05) is 26.7 Å². The van der Waals surface area contributed by atoms with Crippen LogP contribution in [0.25, 0.3) is 10.9 Å². The quantitative estimate of drug-likeness (QED) is 0.350. The second kappa shape index (κ2) is 9.50. The molecule has 1 aromatic carbocycles. The van der Waals surface area contributed by atoms with Gasteiger partial charge in [-0.05, 0) is 49.3 Å². The van der Waals surface area contributed by atoms with Gasteiger partial charge in [-0.3, -0.25) is 14.7 Å². The van der Waals surface area contributed by atoms with Gasteiger partial charge in [-0.15, -0.1) is 0 Å². The summed E-state index contributed by atoms with van der Waals surface area (Å²) in [5.74, 6) is -0.675. The van der Waals surface area contributed by atoms with Gasteiger partial charge >= 0.3 is 7.12 Å². The highest BCUT2D eigenvalue weighted by Gasteiger charge is 2.38. The summed E-state index contributed by atoms with van der Waals surface area (Å²) >= 11 is 0. The lowest BCUT2D eigenvalue weighted by molar-refractivity contribution is -0.130. The summed E-state index contributed by atoms with van der Waals surface area (Å²) in [6.45, 7) is 4.68. The number of benzene rings is 1. The number of amides is 2. The third-order valence-electron chi connectivity index (χ3n) is 6.39. The third-order valence-corrected chi connectivity index (χ3v) is 6.39. The van der Waals surface area contributed by atoms with Crippen molar-refractivity contribution < 1.29 is 19.6 Å². The van der Waals surface area contributed by atoms with E-state index < -0.39 is 19.1 Å². The summed E-state index contributed by atoms with van der Waals surface area (Å²) in [5.41, 5.74) is 1.86. The Bertz CT molecular complexity index is 961. The predicted octanol–water partition coefficient (Wildman–Crippen LogP) is 0.969. The van der Waals surface area contributed by atoms with Crippen LogP contribution in [0.4, 0.5) is 5.69 Å². The Kier molecular flexibility index (Phi) is 6.71. The molecule has 1 saturated heterocycles. The van der Waals surface area contributed by atoms with Gasteiger partial charge in [0.05, 0.1) is 17.7 Å². The van der Waals surface area contributed by atoms with Crippen molar-refractivity contribution in [3.63, 3.8) is 0 Å². The van der Waals surface area contributed by atoms with Crippen LogP contribution in [0.5, 0.6) is 0 Å². The standard InChI is InChI=1S/C22H32BN5O4/c1-13(2)9-20(23(31)32)26-21(29)18(10-14-3-4-14)25-22(30)19-7-8-28(19)16-6-5-15-12-24-27-17(15)11-16/h5-6,11-14,18-20,31-32H,3-4,7-10H2,1-2H3,(H,24,27)(H,25,30)(H,26,29)/t18-,19-,20-/m0/s1. The SMILES string of the molecule is CC(C)C[C@H](NC(=O)[C@H](CC1CC1)NC(=O)[C@@H]1CCN1c1ccc2cn[nH]c2c1)B(O)O. The number of H-pyrrole nitrogens is 1. The van der Waals surface area contributed by atoms with Crippen LogP contribution in [0, 0.1) is 11.8 Å². The summed E-state index contributed by atoms with van der Waals surface area (Å²) in [6.07, 6.45) is 5.60. The average molecular weight is 441 g/mol. The molecule has 0 spiro atoms. The molecule has 172 valence electrons. The molecule has 2 aromatic rings. The number of hydrogen-bond acceptors (Lipinski definition) is 6. The fraction of sp³-hybridized carbons (Fsp3) is 0.591. The first kappa shape index (κ1) is 22.6. The van der Waals surface area contributed by atoms with Crippen LogP contribution in [0.1, 0.15) is 46.0 Å². The van der Waals surface area contributed by atoms with E-state index in [1.165, 1.54) is 0 Å². The molecule has 2 fully saturated rings. The zero-order valence-electron chi connectivity index (χ0n) is 18.6. The van der Waals surface area contributed by atoms with E-state index in [9.17, 15) is 19.6 Å². The Labute approximate surface area is 188 Å². The monoisotopic (exact) mass is 441 g/mol. The van der Waals surface area contributed by atoms with E-state index >= 15 is 0 Å². The molecule has 2 aliphatic rings. The maximum atomic E-state index is 13.1. The van der Waals surface area contributed by atoms with E-state index in [0.717, 1.165) is 42.4 Å². The van der Waals surface area contributed by atoms with Gasteiger partial charge in [-0.25, -0.2) is 0 Å². The Balaban J connectivity index is 1.41. The second-order valence-electron chi connectivity index (χ2n) is 9.54. The van der Waals surface area contributed by atoms with E-state index in [4.69, 9.17) is 0 Å². The molecule has 0 bridgehead atoms. The lowest BCUT2D eigenvalue weighted by Gasteiger charge is -2.42. The van der Waals surface area contributed by atoms with E-state index in [0.29, 0.717) is 18.8 Å². The van der Waals surface area contributed by atoms with Crippen molar-refractivity contribution in [3.05, 3.63) is 24.4 Å². The van der Waals surface area contributed by atoms with Crippen molar-refractivity contribution >= 4 is 35.5 Å². The molecule has 2 heterocycles. The zero-order chi connectivity index (χ0) is 22.8. The van der Waals surface area contributed by atoms with Crippen molar-refractivity contribution in [1.29, 1.82) is 0 Å². The summed E-state index contributed by atoms with van der Waals surface area (Å²) in [6, 6.07) is 4.92. The number of nitrogens with one attached hydrogen (secondary N) is 3. The number of hydrogen-bond donors (Lipinski definition) is 5. The molecule has 9 nitrogen and oxygen atoms in total. The maximum Gasteiger partial charge on any atom is 0.475 e. The van der Waals surface area contributed by atoms with Gasteiger partial charge in [-0.2, -0.15) is 5.10 Å². The molecule has 32 heavy (non-hydrogen) atoms. The van der Waals surface area contributed by atoms with Crippen molar-refractivity contribution in [2.24, 2.45) is 11.8 Å². The minimum Gasteiger partial charge on any atom is -0.426 e. The normalized spacial score (nSPS) is 20.0. The molecule has 0 unspecified atom stereocenters. The molecular formula is C22H32BN5O4. The average Bonchev–Trinajstić information content (AvgIpc) is 3.39. The molecule has 2 amide bonds. The number of aromatic amines is 1. The molecular weight excluding hydrogens is 409 g/mol. The Morgan fingerprint density at radius 1 is 1.25 bits per heavy atom. The smallest absolute Gasteiger partial charge is 0.426 e. The van der Waals surface area contributed by atoms with Crippen molar-refractivity contribution in [2.45, 2.75) is 64.0 Å². The zero-order valence-corrected chi connectivity index (χ0v) is 18.6. The molecule has 4 rings (SSSR count). The third kappa shape index (κ3) is 5.24. The second-order valence-corrected chi connectivity index (χ2v) is 9.54. The number of nitrogens with zero attached hydrogens (tertiary/aromatic N) is 2. The van der Waals surface area contributed by atoms with E-state index in [1.54, 1.807) is 6.20 Å². The number of anilines is 1. The van der Waals surface area contributed by atoms with Gasteiger partial charge < -0.3 is 25.6 Å².